The van der Waals surface area contributed by atoms with Crippen LogP contribution in [0.2, 0.25) is 0 Å². The van der Waals surface area contributed by atoms with Crippen molar-refractivity contribution >= 4 is 12.2 Å². The van der Waals surface area contributed by atoms with Crippen molar-refractivity contribution in [3.05, 3.63) is 0 Å². The standard InChI is InChI=1S/C21H42N2O4/c1-3-5-7-9-12-16-22(20(24)25)18-14-11-15-19-23(21(26)27)17-13-10-8-6-4-2/h3-19H2,1-2H3,(H,24,25)(H,26,27). The molecule has 0 aliphatic heterocycles. The smallest absolute Gasteiger partial charge is 0.407 e. The first-order valence-electron chi connectivity index (χ1n) is 11.0. The molecule has 0 aromatic rings. The van der Waals surface area contributed by atoms with Crippen molar-refractivity contribution in [1.82, 2.24) is 9.80 Å². The molecule has 0 radical (unpaired) electrons. The molecule has 0 rings (SSSR count). The highest BCUT2D eigenvalue weighted by atomic mass is 16.4. The topological polar surface area (TPSA) is 81.1 Å². The monoisotopic (exact) mass is 386 g/mol. The largest absolute Gasteiger partial charge is 0.465 e. The van der Waals surface area contributed by atoms with Crippen LogP contribution in [-0.4, -0.2) is 58.4 Å². The van der Waals surface area contributed by atoms with E-state index in [9.17, 15) is 19.8 Å². The van der Waals surface area contributed by atoms with Crippen LogP contribution in [0.5, 0.6) is 0 Å². The van der Waals surface area contributed by atoms with Gasteiger partial charge in [-0.1, -0.05) is 65.2 Å². The van der Waals surface area contributed by atoms with Gasteiger partial charge in [0.05, 0.1) is 0 Å². The molecule has 0 unspecified atom stereocenters. The Bertz CT molecular complexity index is 343. The van der Waals surface area contributed by atoms with Crippen LogP contribution < -0.4 is 0 Å². The molecule has 6 heteroatoms. The Kier molecular flexibility index (Phi) is 17.0. The van der Waals surface area contributed by atoms with Crippen molar-refractivity contribution in [2.45, 2.75) is 97.3 Å². The fourth-order valence-corrected chi connectivity index (χ4v) is 3.20. The van der Waals surface area contributed by atoms with Crippen LogP contribution >= 0.6 is 0 Å². The summed E-state index contributed by atoms with van der Waals surface area (Å²) in [5, 5.41) is 18.6. The lowest BCUT2D eigenvalue weighted by atomic mass is 10.1. The molecule has 0 aliphatic rings. The van der Waals surface area contributed by atoms with Gasteiger partial charge in [0.2, 0.25) is 0 Å². The molecule has 0 heterocycles. The van der Waals surface area contributed by atoms with Crippen molar-refractivity contribution in [3.63, 3.8) is 0 Å². The van der Waals surface area contributed by atoms with Gasteiger partial charge in [-0.25, -0.2) is 9.59 Å². The average Bonchev–Trinajstić information content (AvgIpc) is 2.63. The first-order chi connectivity index (χ1) is 13.0. The van der Waals surface area contributed by atoms with Crippen molar-refractivity contribution in [2.24, 2.45) is 0 Å². The number of unbranched alkanes of at least 4 members (excludes halogenated alkanes) is 10. The number of carbonyl (C=O) groups is 2. The van der Waals surface area contributed by atoms with Crippen LogP contribution in [0, 0.1) is 0 Å². The molecule has 2 amide bonds. The Hall–Kier alpha value is -1.46. The molecule has 27 heavy (non-hydrogen) atoms. The zero-order chi connectivity index (χ0) is 20.3. The number of nitrogens with zero attached hydrogens (tertiary/aromatic N) is 2. The Balaban J connectivity index is 3.88. The van der Waals surface area contributed by atoms with Crippen LogP contribution in [0.15, 0.2) is 0 Å². The highest BCUT2D eigenvalue weighted by molar-refractivity contribution is 5.65. The van der Waals surface area contributed by atoms with Gasteiger partial charge in [-0.3, -0.25) is 0 Å². The first-order valence-corrected chi connectivity index (χ1v) is 11.0. The van der Waals surface area contributed by atoms with Crippen molar-refractivity contribution in [2.75, 3.05) is 26.2 Å². The van der Waals surface area contributed by atoms with Gasteiger partial charge in [0.1, 0.15) is 0 Å². The second-order valence-corrected chi connectivity index (χ2v) is 7.43. The molecule has 0 aromatic carbocycles. The molecular weight excluding hydrogens is 344 g/mol. The number of hydrogen-bond acceptors (Lipinski definition) is 2. The summed E-state index contributed by atoms with van der Waals surface area (Å²) in [4.78, 5) is 25.6. The summed E-state index contributed by atoms with van der Waals surface area (Å²) in [6.07, 6.45) is 12.0. The lowest BCUT2D eigenvalue weighted by Gasteiger charge is -2.21. The van der Waals surface area contributed by atoms with E-state index in [0.29, 0.717) is 26.2 Å². The van der Waals surface area contributed by atoms with Crippen LogP contribution in [0.3, 0.4) is 0 Å². The lowest BCUT2D eigenvalue weighted by Crippen LogP contribution is -2.32. The van der Waals surface area contributed by atoms with E-state index >= 15 is 0 Å². The minimum absolute atomic E-state index is 0.549. The number of amides is 2. The van der Waals surface area contributed by atoms with Crippen LogP contribution in [0.1, 0.15) is 97.3 Å². The summed E-state index contributed by atoms with van der Waals surface area (Å²) in [5.41, 5.74) is 0. The van der Waals surface area contributed by atoms with Crippen LogP contribution in [-0.2, 0) is 0 Å². The minimum Gasteiger partial charge on any atom is -0.465 e. The van der Waals surface area contributed by atoms with Gasteiger partial charge in [0.25, 0.3) is 0 Å². The molecule has 0 spiro atoms. The maximum atomic E-state index is 11.3. The van der Waals surface area contributed by atoms with E-state index in [1.54, 1.807) is 0 Å². The SMILES string of the molecule is CCCCCCCN(CCCCCN(CCCCCCC)C(=O)O)C(=O)O. The van der Waals surface area contributed by atoms with Crippen molar-refractivity contribution < 1.29 is 19.8 Å². The fourth-order valence-electron chi connectivity index (χ4n) is 3.20. The Morgan fingerprint density at radius 1 is 0.519 bits per heavy atom. The van der Waals surface area contributed by atoms with Crippen LogP contribution in [0.4, 0.5) is 9.59 Å². The van der Waals surface area contributed by atoms with Gasteiger partial charge in [0, 0.05) is 26.2 Å². The molecule has 160 valence electrons. The Morgan fingerprint density at radius 2 is 0.778 bits per heavy atom. The quantitative estimate of drug-likeness (QED) is 0.281. The summed E-state index contributed by atoms with van der Waals surface area (Å²) in [7, 11) is 0. The summed E-state index contributed by atoms with van der Waals surface area (Å²) in [6, 6.07) is 0. The Labute approximate surface area is 165 Å². The third-order valence-electron chi connectivity index (χ3n) is 4.96. The average molecular weight is 387 g/mol. The summed E-state index contributed by atoms with van der Waals surface area (Å²) in [6.45, 7) is 6.65. The number of hydrogen-bond donors (Lipinski definition) is 2. The molecule has 0 aliphatic carbocycles. The zero-order valence-electron chi connectivity index (χ0n) is 17.6. The van der Waals surface area contributed by atoms with E-state index in [0.717, 1.165) is 44.9 Å². The van der Waals surface area contributed by atoms with Crippen molar-refractivity contribution in [1.29, 1.82) is 0 Å². The summed E-state index contributed by atoms with van der Waals surface area (Å²) in [5.74, 6) is 0. The summed E-state index contributed by atoms with van der Waals surface area (Å²) < 4.78 is 0. The molecule has 0 fully saturated rings. The third-order valence-corrected chi connectivity index (χ3v) is 4.96. The molecule has 6 nitrogen and oxygen atoms in total. The summed E-state index contributed by atoms with van der Waals surface area (Å²) >= 11 is 0. The molecule has 0 bridgehead atoms. The molecule has 0 saturated heterocycles. The number of carboxylic acid groups (broad SMARTS) is 2. The van der Waals surface area contributed by atoms with E-state index in [1.807, 2.05) is 0 Å². The second-order valence-electron chi connectivity index (χ2n) is 7.43. The highest BCUT2D eigenvalue weighted by Gasteiger charge is 2.12. The first kappa shape index (κ1) is 25.5. The van der Waals surface area contributed by atoms with E-state index < -0.39 is 12.2 Å². The second kappa shape index (κ2) is 17.9. The molecule has 0 saturated carbocycles. The Morgan fingerprint density at radius 3 is 1.04 bits per heavy atom. The van der Waals surface area contributed by atoms with Gasteiger partial charge in [-0.2, -0.15) is 0 Å². The van der Waals surface area contributed by atoms with Gasteiger partial charge in [0.15, 0.2) is 0 Å². The predicted molar refractivity (Wildman–Crippen MR) is 111 cm³/mol. The zero-order valence-corrected chi connectivity index (χ0v) is 17.6. The van der Waals surface area contributed by atoms with Gasteiger partial charge in [-0.05, 0) is 32.1 Å². The normalized spacial score (nSPS) is 10.7. The van der Waals surface area contributed by atoms with E-state index in [1.165, 1.54) is 48.3 Å². The van der Waals surface area contributed by atoms with Crippen molar-refractivity contribution in [3.8, 4) is 0 Å². The van der Waals surface area contributed by atoms with Gasteiger partial charge in [-0.15, -0.1) is 0 Å². The predicted octanol–water partition coefficient (Wildman–Crippen LogP) is 6.06. The lowest BCUT2D eigenvalue weighted by molar-refractivity contribution is 0.140. The van der Waals surface area contributed by atoms with Crippen LogP contribution in [0.25, 0.3) is 0 Å². The highest BCUT2D eigenvalue weighted by Crippen LogP contribution is 2.08. The van der Waals surface area contributed by atoms with Gasteiger partial charge < -0.3 is 20.0 Å². The molecule has 0 aromatic heterocycles. The van der Waals surface area contributed by atoms with Gasteiger partial charge >= 0.3 is 12.2 Å². The number of rotatable bonds is 18. The minimum atomic E-state index is -0.843. The molecular formula is C21H42N2O4. The molecule has 0 atom stereocenters. The molecule has 2 N–H and O–H groups in total. The third kappa shape index (κ3) is 15.3. The maximum absolute atomic E-state index is 11.3. The van der Waals surface area contributed by atoms with E-state index in [2.05, 4.69) is 13.8 Å². The maximum Gasteiger partial charge on any atom is 0.407 e. The van der Waals surface area contributed by atoms with E-state index in [4.69, 9.17) is 0 Å². The fraction of sp³-hybridized carbons (Fsp3) is 0.905. The van der Waals surface area contributed by atoms with E-state index in [-0.39, 0.29) is 0 Å².